The Kier molecular flexibility index (Phi) is 10.4. The molecule has 0 fully saturated rings. The summed E-state index contributed by atoms with van der Waals surface area (Å²) in [5, 5.41) is 28.2. The van der Waals surface area contributed by atoms with E-state index in [1.54, 1.807) is 42.2 Å². The summed E-state index contributed by atoms with van der Waals surface area (Å²) < 4.78 is 10.5. The van der Waals surface area contributed by atoms with E-state index in [1.165, 1.54) is 0 Å². The molecule has 0 saturated heterocycles. The van der Waals surface area contributed by atoms with E-state index in [2.05, 4.69) is 0 Å². The Balaban J connectivity index is 3.33. The molecule has 10 nitrogen and oxygen atoms in total. The fraction of sp³-hybridized carbons (Fsp3) is 0.545. The van der Waals surface area contributed by atoms with Crippen LogP contribution in [0.1, 0.15) is 45.6 Å². The summed E-state index contributed by atoms with van der Waals surface area (Å²) in [6, 6.07) is 8.68. The molecule has 1 rings (SSSR count). The van der Waals surface area contributed by atoms with E-state index in [9.17, 15) is 29.4 Å². The van der Waals surface area contributed by atoms with Crippen molar-refractivity contribution in [2.45, 2.75) is 51.2 Å². The highest BCUT2D eigenvalue weighted by Gasteiger charge is 2.48. The minimum absolute atomic E-state index is 0.150. The molecule has 0 aliphatic carbocycles. The normalized spacial score (nSPS) is 14.9. The fourth-order valence-corrected chi connectivity index (χ4v) is 3.60. The van der Waals surface area contributed by atoms with Gasteiger partial charge in [-0.3, -0.25) is 14.5 Å². The average molecular weight is 453 g/mol. The van der Waals surface area contributed by atoms with Gasteiger partial charge in [0.15, 0.2) is 5.60 Å². The highest BCUT2D eigenvalue weighted by Crippen LogP contribution is 2.34. The number of ether oxygens (including phenoxy) is 2. The number of nitrogens with zero attached hydrogens (tertiary/aromatic N) is 1. The molecule has 0 radical (unpaired) electrons. The van der Waals surface area contributed by atoms with Gasteiger partial charge in [0.2, 0.25) is 0 Å². The number of rotatable bonds is 14. The number of carbonyl (C=O) groups excluding carboxylic acids is 2. The van der Waals surface area contributed by atoms with Crippen molar-refractivity contribution in [3.8, 4) is 0 Å². The Labute approximate surface area is 186 Å². The molecule has 0 aromatic heterocycles. The molecule has 2 atom stereocenters. The van der Waals surface area contributed by atoms with E-state index in [-0.39, 0.29) is 13.0 Å². The molecule has 1 aromatic carbocycles. The van der Waals surface area contributed by atoms with Gasteiger partial charge in [0.1, 0.15) is 5.54 Å². The van der Waals surface area contributed by atoms with E-state index in [0.29, 0.717) is 25.3 Å². The quantitative estimate of drug-likeness (QED) is 0.214. The van der Waals surface area contributed by atoms with Crippen molar-refractivity contribution in [3.63, 3.8) is 0 Å². The Morgan fingerprint density at radius 3 is 2.03 bits per heavy atom. The number of aliphatic hydroxyl groups is 1. The van der Waals surface area contributed by atoms with Crippen LogP contribution in [-0.4, -0.2) is 76.0 Å². The molecule has 0 saturated carbocycles. The second-order valence-electron chi connectivity index (χ2n) is 7.19. The van der Waals surface area contributed by atoms with Crippen molar-refractivity contribution in [1.82, 2.24) is 4.90 Å². The summed E-state index contributed by atoms with van der Waals surface area (Å²) in [5.41, 5.74) is -3.76. The summed E-state index contributed by atoms with van der Waals surface area (Å²) in [6.45, 7) is 6.94. The molecule has 32 heavy (non-hydrogen) atoms. The smallest absolute Gasteiger partial charge is 0.338 e. The van der Waals surface area contributed by atoms with Crippen LogP contribution < -0.4 is 0 Å². The molecule has 0 spiro atoms. The van der Waals surface area contributed by atoms with Gasteiger partial charge >= 0.3 is 23.9 Å². The SMILES string of the molecule is CCOCCC(C(=O)OC(=O)CC(O)(CC(=O)O)C(=O)O)(c1ccccc1)N(CC)CC. The van der Waals surface area contributed by atoms with E-state index in [0.717, 1.165) is 0 Å². The first-order valence-corrected chi connectivity index (χ1v) is 10.4. The lowest BCUT2D eigenvalue weighted by Gasteiger charge is -2.41. The van der Waals surface area contributed by atoms with Gasteiger partial charge in [-0.1, -0.05) is 44.2 Å². The number of esters is 2. The first-order chi connectivity index (χ1) is 15.1. The van der Waals surface area contributed by atoms with Gasteiger partial charge in [-0.25, -0.2) is 9.59 Å². The molecular weight excluding hydrogens is 422 g/mol. The number of carbonyl (C=O) groups is 4. The van der Waals surface area contributed by atoms with Crippen LogP contribution >= 0.6 is 0 Å². The zero-order valence-electron chi connectivity index (χ0n) is 18.6. The number of hydrogen-bond acceptors (Lipinski definition) is 8. The second-order valence-corrected chi connectivity index (χ2v) is 7.19. The van der Waals surface area contributed by atoms with Crippen LogP contribution in [-0.2, 0) is 34.2 Å². The number of hydrogen-bond donors (Lipinski definition) is 3. The lowest BCUT2D eigenvalue weighted by atomic mass is 9.84. The zero-order valence-corrected chi connectivity index (χ0v) is 18.6. The Morgan fingerprint density at radius 1 is 0.969 bits per heavy atom. The topological polar surface area (TPSA) is 151 Å². The van der Waals surface area contributed by atoms with E-state index < -0.39 is 47.9 Å². The monoisotopic (exact) mass is 453 g/mol. The number of carboxylic acids is 2. The van der Waals surface area contributed by atoms with Crippen LogP contribution in [0.2, 0.25) is 0 Å². The number of aliphatic carboxylic acids is 2. The van der Waals surface area contributed by atoms with Gasteiger partial charge in [0, 0.05) is 19.6 Å². The third-order valence-electron chi connectivity index (χ3n) is 5.19. The van der Waals surface area contributed by atoms with Crippen LogP contribution in [0.25, 0.3) is 0 Å². The predicted octanol–water partition coefficient (Wildman–Crippen LogP) is 1.40. The molecule has 10 heteroatoms. The highest BCUT2D eigenvalue weighted by molar-refractivity contribution is 5.95. The Bertz CT molecular complexity index is 794. The Morgan fingerprint density at radius 2 is 1.56 bits per heavy atom. The lowest BCUT2D eigenvalue weighted by Crippen LogP contribution is -2.54. The van der Waals surface area contributed by atoms with E-state index in [1.807, 2.05) is 13.8 Å². The van der Waals surface area contributed by atoms with Gasteiger partial charge in [-0.2, -0.15) is 0 Å². The third-order valence-corrected chi connectivity index (χ3v) is 5.19. The van der Waals surface area contributed by atoms with Crippen molar-refractivity contribution in [3.05, 3.63) is 35.9 Å². The van der Waals surface area contributed by atoms with E-state index >= 15 is 0 Å². The highest BCUT2D eigenvalue weighted by atomic mass is 16.6. The summed E-state index contributed by atoms with van der Waals surface area (Å²) >= 11 is 0. The molecule has 2 unspecified atom stereocenters. The van der Waals surface area contributed by atoms with Crippen LogP contribution in [0, 0.1) is 0 Å². The third kappa shape index (κ3) is 6.59. The molecule has 0 amide bonds. The second kappa shape index (κ2) is 12.3. The van der Waals surface area contributed by atoms with Crippen LogP contribution in [0.3, 0.4) is 0 Å². The molecule has 3 N–H and O–H groups in total. The maximum atomic E-state index is 13.4. The minimum Gasteiger partial charge on any atom is -0.481 e. The summed E-state index contributed by atoms with van der Waals surface area (Å²) in [5.74, 6) is -5.82. The maximum Gasteiger partial charge on any atom is 0.338 e. The summed E-state index contributed by atoms with van der Waals surface area (Å²) in [6.07, 6.45) is -2.28. The van der Waals surface area contributed by atoms with Gasteiger partial charge in [-0.15, -0.1) is 0 Å². The number of likely N-dealkylation sites (N-methyl/N-ethyl adjacent to an activating group) is 1. The van der Waals surface area contributed by atoms with Crippen LogP contribution in [0.15, 0.2) is 30.3 Å². The molecule has 1 aromatic rings. The van der Waals surface area contributed by atoms with Crippen molar-refractivity contribution < 1.29 is 44.0 Å². The van der Waals surface area contributed by atoms with Crippen molar-refractivity contribution in [2.75, 3.05) is 26.3 Å². The average Bonchev–Trinajstić information content (AvgIpc) is 2.73. The van der Waals surface area contributed by atoms with Gasteiger partial charge in [-0.05, 0) is 25.6 Å². The molecule has 0 aliphatic rings. The largest absolute Gasteiger partial charge is 0.481 e. The number of carboxylic acid groups (broad SMARTS) is 2. The zero-order chi connectivity index (χ0) is 24.4. The summed E-state index contributed by atoms with van der Waals surface area (Å²) in [7, 11) is 0. The standard InChI is InChI=1S/C22H31NO9/c1-4-23(5-2)22(12-13-31-6-3,16-10-8-7-9-11-16)20(29)32-18(26)15-21(30,19(27)28)14-17(24)25/h7-11,30H,4-6,12-15H2,1-3H3,(H,24,25)(H,27,28). The molecule has 178 valence electrons. The first-order valence-electron chi connectivity index (χ1n) is 10.4. The molecule has 0 bridgehead atoms. The van der Waals surface area contributed by atoms with Crippen LogP contribution in [0.4, 0.5) is 0 Å². The van der Waals surface area contributed by atoms with Crippen molar-refractivity contribution in [2.24, 2.45) is 0 Å². The predicted molar refractivity (Wildman–Crippen MR) is 113 cm³/mol. The van der Waals surface area contributed by atoms with Gasteiger partial charge < -0.3 is 24.8 Å². The first kappa shape index (κ1) is 27.2. The van der Waals surface area contributed by atoms with Crippen molar-refractivity contribution >= 4 is 23.9 Å². The lowest BCUT2D eigenvalue weighted by molar-refractivity contribution is -0.179. The minimum atomic E-state index is -2.90. The summed E-state index contributed by atoms with van der Waals surface area (Å²) in [4.78, 5) is 49.9. The molecule has 0 heterocycles. The Hall–Kier alpha value is -2.82. The molecule has 0 aliphatic heterocycles. The van der Waals surface area contributed by atoms with E-state index in [4.69, 9.17) is 14.6 Å². The van der Waals surface area contributed by atoms with Gasteiger partial charge in [0.05, 0.1) is 12.8 Å². The maximum absolute atomic E-state index is 13.4. The van der Waals surface area contributed by atoms with Gasteiger partial charge in [0.25, 0.3) is 0 Å². The van der Waals surface area contributed by atoms with Crippen LogP contribution in [0.5, 0.6) is 0 Å². The fourth-order valence-electron chi connectivity index (χ4n) is 3.60. The van der Waals surface area contributed by atoms with Crippen molar-refractivity contribution in [1.29, 1.82) is 0 Å². The molecular formula is C22H31NO9. The number of benzene rings is 1.